The van der Waals surface area contributed by atoms with Crippen LogP contribution < -0.4 is 11.1 Å². The largest absolute Gasteiger partial charge is 0.364 e. The number of fused-ring (bicyclic) bond motifs is 1. The number of ether oxygens (including phenoxy) is 1. The Morgan fingerprint density at radius 3 is 2.44 bits per heavy atom. The van der Waals surface area contributed by atoms with E-state index in [2.05, 4.69) is 5.32 Å². The number of hydrogen-bond acceptors (Lipinski definition) is 5. The first-order valence-corrected chi connectivity index (χ1v) is 8.70. The van der Waals surface area contributed by atoms with E-state index in [-0.39, 0.29) is 23.8 Å². The van der Waals surface area contributed by atoms with Gasteiger partial charge in [0, 0.05) is 19.6 Å². The SMILES string of the molecule is NC[C@H]1CC[C@@H](C(=O)NCCCCN2C(=O)c3ccccc3C2=O)O1. The molecule has 7 nitrogen and oxygen atoms in total. The molecule has 1 saturated heterocycles. The van der Waals surface area contributed by atoms with Gasteiger partial charge < -0.3 is 15.8 Å². The first kappa shape index (κ1) is 17.6. The number of amides is 3. The van der Waals surface area contributed by atoms with Gasteiger partial charge in [-0.2, -0.15) is 0 Å². The monoisotopic (exact) mass is 345 g/mol. The van der Waals surface area contributed by atoms with E-state index in [0.29, 0.717) is 50.0 Å². The van der Waals surface area contributed by atoms with Crippen molar-refractivity contribution in [1.29, 1.82) is 0 Å². The number of nitrogens with one attached hydrogen (secondary N) is 1. The van der Waals surface area contributed by atoms with E-state index in [1.165, 1.54) is 4.90 Å². The minimum Gasteiger partial charge on any atom is -0.364 e. The van der Waals surface area contributed by atoms with Crippen LogP contribution in [0.1, 0.15) is 46.4 Å². The summed E-state index contributed by atoms with van der Waals surface area (Å²) in [6.07, 6.45) is 2.40. The number of nitrogens with two attached hydrogens (primary N) is 1. The molecule has 2 aliphatic heterocycles. The lowest BCUT2D eigenvalue weighted by atomic mass is 10.1. The number of imide groups is 1. The number of nitrogens with zero attached hydrogens (tertiary/aromatic N) is 1. The molecule has 7 heteroatoms. The average molecular weight is 345 g/mol. The normalized spacial score (nSPS) is 22.4. The maximum absolute atomic E-state index is 12.2. The van der Waals surface area contributed by atoms with Crippen LogP contribution in [0.5, 0.6) is 0 Å². The lowest BCUT2D eigenvalue weighted by Gasteiger charge is -2.15. The smallest absolute Gasteiger partial charge is 0.261 e. The van der Waals surface area contributed by atoms with Gasteiger partial charge in [-0.25, -0.2) is 0 Å². The Hall–Kier alpha value is -2.25. The molecule has 2 aliphatic rings. The van der Waals surface area contributed by atoms with Crippen LogP contribution in [0.2, 0.25) is 0 Å². The maximum Gasteiger partial charge on any atom is 0.261 e. The van der Waals surface area contributed by atoms with Gasteiger partial charge >= 0.3 is 0 Å². The van der Waals surface area contributed by atoms with Crippen LogP contribution in [0.15, 0.2) is 24.3 Å². The summed E-state index contributed by atoms with van der Waals surface area (Å²) in [5.74, 6) is -0.592. The molecule has 2 heterocycles. The van der Waals surface area contributed by atoms with Crippen LogP contribution in [-0.2, 0) is 9.53 Å². The predicted octanol–water partition coefficient (Wildman–Crippen LogP) is 0.685. The third-order valence-electron chi connectivity index (χ3n) is 4.65. The topological polar surface area (TPSA) is 102 Å². The minimum atomic E-state index is -0.412. The van der Waals surface area contributed by atoms with Gasteiger partial charge in [-0.05, 0) is 37.8 Å². The van der Waals surface area contributed by atoms with E-state index >= 15 is 0 Å². The molecule has 0 aliphatic carbocycles. The van der Waals surface area contributed by atoms with Gasteiger partial charge in [0.25, 0.3) is 11.8 Å². The molecule has 1 fully saturated rings. The van der Waals surface area contributed by atoms with E-state index < -0.39 is 6.10 Å². The van der Waals surface area contributed by atoms with Gasteiger partial charge in [-0.1, -0.05) is 12.1 Å². The molecular weight excluding hydrogens is 322 g/mol. The van der Waals surface area contributed by atoms with E-state index in [4.69, 9.17) is 10.5 Å². The Morgan fingerprint density at radius 1 is 1.16 bits per heavy atom. The Bertz CT molecular complexity index is 641. The van der Waals surface area contributed by atoms with Crippen LogP contribution in [0, 0.1) is 0 Å². The lowest BCUT2D eigenvalue weighted by Crippen LogP contribution is -2.36. The molecule has 25 heavy (non-hydrogen) atoms. The second-order valence-corrected chi connectivity index (χ2v) is 6.37. The summed E-state index contributed by atoms with van der Waals surface area (Å²) in [6, 6.07) is 6.85. The van der Waals surface area contributed by atoms with E-state index in [1.807, 2.05) is 0 Å². The summed E-state index contributed by atoms with van der Waals surface area (Å²) in [4.78, 5) is 37.7. The molecule has 0 aromatic heterocycles. The zero-order chi connectivity index (χ0) is 17.8. The molecule has 134 valence electrons. The molecule has 0 unspecified atom stereocenters. The van der Waals surface area contributed by atoms with Crippen molar-refractivity contribution in [1.82, 2.24) is 10.2 Å². The number of carbonyl (C=O) groups excluding carboxylic acids is 3. The number of benzene rings is 1. The van der Waals surface area contributed by atoms with Gasteiger partial charge in [0.05, 0.1) is 17.2 Å². The van der Waals surface area contributed by atoms with Crippen molar-refractivity contribution in [3.8, 4) is 0 Å². The zero-order valence-electron chi connectivity index (χ0n) is 14.1. The van der Waals surface area contributed by atoms with Gasteiger partial charge in [-0.3, -0.25) is 19.3 Å². The third-order valence-corrected chi connectivity index (χ3v) is 4.65. The molecule has 0 saturated carbocycles. The Balaban J connectivity index is 1.38. The van der Waals surface area contributed by atoms with Gasteiger partial charge in [0.15, 0.2) is 0 Å². The Kier molecular flexibility index (Phi) is 5.45. The molecular formula is C18H23N3O4. The van der Waals surface area contributed by atoms with E-state index in [9.17, 15) is 14.4 Å². The summed E-state index contributed by atoms with van der Waals surface area (Å²) >= 11 is 0. The summed E-state index contributed by atoms with van der Waals surface area (Å²) in [5, 5.41) is 2.84. The standard InChI is InChI=1S/C18H23N3O4/c19-11-12-7-8-15(25-12)16(22)20-9-3-4-10-21-17(23)13-5-1-2-6-14(13)18(21)24/h1-2,5-6,12,15H,3-4,7-11,19H2,(H,20,22)/t12-,15+/m1/s1. The second-order valence-electron chi connectivity index (χ2n) is 6.37. The minimum absolute atomic E-state index is 0.0235. The van der Waals surface area contributed by atoms with Crippen LogP contribution in [0.25, 0.3) is 0 Å². The molecule has 1 aromatic carbocycles. The fourth-order valence-electron chi connectivity index (χ4n) is 3.23. The molecule has 3 amide bonds. The fourth-order valence-corrected chi connectivity index (χ4v) is 3.23. The highest BCUT2D eigenvalue weighted by Gasteiger charge is 2.34. The summed E-state index contributed by atoms with van der Waals surface area (Å²) in [5.41, 5.74) is 6.47. The van der Waals surface area contributed by atoms with Gasteiger partial charge in [-0.15, -0.1) is 0 Å². The highest BCUT2D eigenvalue weighted by atomic mass is 16.5. The summed E-state index contributed by atoms with van der Waals surface area (Å²) in [6.45, 7) is 1.29. The third kappa shape index (κ3) is 3.72. The highest BCUT2D eigenvalue weighted by Crippen LogP contribution is 2.22. The number of carbonyl (C=O) groups is 3. The molecule has 0 bridgehead atoms. The molecule has 3 rings (SSSR count). The van der Waals surface area contributed by atoms with E-state index in [0.717, 1.165) is 6.42 Å². The summed E-state index contributed by atoms with van der Waals surface area (Å²) in [7, 11) is 0. The maximum atomic E-state index is 12.2. The van der Waals surface area contributed by atoms with Crippen LogP contribution >= 0.6 is 0 Å². The van der Waals surface area contributed by atoms with Gasteiger partial charge in [0.2, 0.25) is 5.91 Å². The first-order chi connectivity index (χ1) is 12.1. The molecule has 1 aromatic rings. The average Bonchev–Trinajstić information content (AvgIpc) is 3.20. The van der Waals surface area contributed by atoms with Crippen LogP contribution in [0.3, 0.4) is 0 Å². The quantitative estimate of drug-likeness (QED) is 0.559. The highest BCUT2D eigenvalue weighted by molar-refractivity contribution is 6.21. The zero-order valence-corrected chi connectivity index (χ0v) is 14.1. The molecule has 2 atom stereocenters. The molecule has 0 radical (unpaired) electrons. The van der Waals surface area contributed by atoms with Crippen molar-refractivity contribution in [2.45, 2.75) is 37.9 Å². The Labute approximate surface area is 146 Å². The summed E-state index contributed by atoms with van der Waals surface area (Å²) < 4.78 is 5.54. The van der Waals surface area contributed by atoms with E-state index in [1.54, 1.807) is 24.3 Å². The van der Waals surface area contributed by atoms with Crippen molar-refractivity contribution >= 4 is 17.7 Å². The first-order valence-electron chi connectivity index (χ1n) is 8.70. The van der Waals surface area contributed by atoms with Crippen LogP contribution in [0.4, 0.5) is 0 Å². The fraction of sp³-hybridized carbons (Fsp3) is 0.500. The number of unbranched alkanes of at least 4 members (excludes halogenated alkanes) is 1. The lowest BCUT2D eigenvalue weighted by molar-refractivity contribution is -0.131. The number of rotatable bonds is 7. The predicted molar refractivity (Wildman–Crippen MR) is 91.0 cm³/mol. The van der Waals surface area contributed by atoms with Crippen molar-refractivity contribution < 1.29 is 19.1 Å². The van der Waals surface area contributed by atoms with Crippen molar-refractivity contribution in [2.75, 3.05) is 19.6 Å². The van der Waals surface area contributed by atoms with Crippen molar-refractivity contribution in [3.63, 3.8) is 0 Å². The molecule has 0 spiro atoms. The van der Waals surface area contributed by atoms with Crippen molar-refractivity contribution in [3.05, 3.63) is 35.4 Å². The Morgan fingerprint density at radius 2 is 1.84 bits per heavy atom. The van der Waals surface area contributed by atoms with Crippen LogP contribution in [-0.4, -0.2) is 54.5 Å². The van der Waals surface area contributed by atoms with Crippen molar-refractivity contribution in [2.24, 2.45) is 5.73 Å². The second kappa shape index (κ2) is 7.76. The van der Waals surface area contributed by atoms with Gasteiger partial charge in [0.1, 0.15) is 6.10 Å². The number of hydrogen-bond donors (Lipinski definition) is 2. The molecule has 3 N–H and O–H groups in total.